The Bertz CT molecular complexity index is 772. The number of thioether (sulfide) groups is 1. The minimum atomic E-state index is -3.64. The molecule has 0 aliphatic carbocycles. The van der Waals surface area contributed by atoms with Gasteiger partial charge in [0, 0.05) is 24.5 Å². The fraction of sp³-hybridized carbons (Fsp3) is 0.682. The van der Waals surface area contributed by atoms with Gasteiger partial charge >= 0.3 is 0 Å². The predicted octanol–water partition coefficient (Wildman–Crippen LogP) is 4.78. The van der Waals surface area contributed by atoms with Crippen LogP contribution in [0.1, 0.15) is 69.7 Å². The first kappa shape index (κ1) is 24.2. The van der Waals surface area contributed by atoms with Crippen molar-refractivity contribution in [2.45, 2.75) is 69.1 Å². The number of amides is 1. The molecule has 7 heteroatoms. The lowest BCUT2D eigenvalue weighted by atomic mass is 9.98. The maximum absolute atomic E-state index is 13.1. The van der Waals surface area contributed by atoms with E-state index in [1.165, 1.54) is 11.8 Å². The SMILES string of the molecule is CCCC[C@@H](CC)CNS(=O)(=O)c1ccc(SC)c(C(=O)N2CCC(C)CC2)c1. The van der Waals surface area contributed by atoms with Gasteiger partial charge in [-0.25, -0.2) is 13.1 Å². The third kappa shape index (κ3) is 6.72. The molecule has 0 bridgehead atoms. The largest absolute Gasteiger partial charge is 0.339 e. The molecule has 0 spiro atoms. The van der Waals surface area contributed by atoms with Crippen molar-refractivity contribution >= 4 is 27.7 Å². The lowest BCUT2D eigenvalue weighted by Gasteiger charge is -2.30. The van der Waals surface area contributed by atoms with E-state index in [2.05, 4.69) is 25.5 Å². The van der Waals surface area contributed by atoms with Crippen LogP contribution in [0.25, 0.3) is 0 Å². The van der Waals surface area contributed by atoms with E-state index in [1.54, 1.807) is 18.2 Å². The van der Waals surface area contributed by atoms with Crippen LogP contribution in [-0.4, -0.2) is 45.1 Å². The number of hydrogen-bond donors (Lipinski definition) is 1. The van der Waals surface area contributed by atoms with Gasteiger partial charge in [0.25, 0.3) is 5.91 Å². The van der Waals surface area contributed by atoms with Gasteiger partial charge in [0.15, 0.2) is 0 Å². The summed E-state index contributed by atoms with van der Waals surface area (Å²) in [5.74, 6) is 0.911. The van der Waals surface area contributed by atoms with Gasteiger partial charge in [-0.2, -0.15) is 0 Å². The summed E-state index contributed by atoms with van der Waals surface area (Å²) >= 11 is 1.48. The van der Waals surface area contributed by atoms with E-state index in [1.807, 2.05) is 11.2 Å². The number of hydrogen-bond acceptors (Lipinski definition) is 4. The Morgan fingerprint density at radius 1 is 1.28 bits per heavy atom. The van der Waals surface area contributed by atoms with E-state index >= 15 is 0 Å². The van der Waals surface area contributed by atoms with Crippen molar-refractivity contribution in [3.8, 4) is 0 Å². The molecular formula is C22H36N2O3S2. The molecule has 164 valence electrons. The highest BCUT2D eigenvalue weighted by Crippen LogP contribution is 2.27. The zero-order valence-corrected chi connectivity index (χ0v) is 19.9. The fourth-order valence-electron chi connectivity index (χ4n) is 3.66. The highest BCUT2D eigenvalue weighted by Gasteiger charge is 2.25. The summed E-state index contributed by atoms with van der Waals surface area (Å²) in [5.41, 5.74) is 0.493. The summed E-state index contributed by atoms with van der Waals surface area (Å²) in [7, 11) is -3.64. The first-order chi connectivity index (χ1) is 13.8. The molecule has 1 aliphatic heterocycles. The maximum atomic E-state index is 13.1. The molecular weight excluding hydrogens is 404 g/mol. The first-order valence-corrected chi connectivity index (χ1v) is 13.5. The van der Waals surface area contributed by atoms with Crippen molar-refractivity contribution in [2.24, 2.45) is 11.8 Å². The molecule has 1 amide bonds. The normalized spacial score (nSPS) is 16.8. The van der Waals surface area contributed by atoms with Crippen LogP contribution in [0.5, 0.6) is 0 Å². The molecule has 1 N–H and O–H groups in total. The molecule has 1 aliphatic rings. The number of likely N-dealkylation sites (tertiary alicyclic amines) is 1. The minimum Gasteiger partial charge on any atom is -0.339 e. The maximum Gasteiger partial charge on any atom is 0.255 e. The van der Waals surface area contributed by atoms with E-state index in [0.717, 1.165) is 56.5 Å². The number of carbonyl (C=O) groups is 1. The van der Waals surface area contributed by atoms with Crippen molar-refractivity contribution in [3.05, 3.63) is 23.8 Å². The Labute approximate surface area is 181 Å². The number of piperidine rings is 1. The van der Waals surface area contributed by atoms with Gasteiger partial charge in [-0.15, -0.1) is 11.8 Å². The zero-order chi connectivity index (χ0) is 21.4. The molecule has 1 atom stereocenters. The van der Waals surface area contributed by atoms with Crippen molar-refractivity contribution in [3.63, 3.8) is 0 Å². The van der Waals surface area contributed by atoms with Gasteiger partial charge in [-0.1, -0.05) is 40.0 Å². The predicted molar refractivity (Wildman–Crippen MR) is 121 cm³/mol. The Morgan fingerprint density at radius 3 is 2.55 bits per heavy atom. The summed E-state index contributed by atoms with van der Waals surface area (Å²) < 4.78 is 28.5. The van der Waals surface area contributed by atoms with Crippen molar-refractivity contribution < 1.29 is 13.2 Å². The summed E-state index contributed by atoms with van der Waals surface area (Å²) in [4.78, 5) is 15.9. The Kier molecular flexibility index (Phi) is 9.50. The average molecular weight is 441 g/mol. The second kappa shape index (κ2) is 11.4. The average Bonchev–Trinajstić information content (AvgIpc) is 2.73. The number of unbranched alkanes of at least 4 members (excludes halogenated alkanes) is 1. The lowest BCUT2D eigenvalue weighted by Crippen LogP contribution is -2.38. The van der Waals surface area contributed by atoms with E-state index in [-0.39, 0.29) is 10.8 Å². The first-order valence-electron chi connectivity index (χ1n) is 10.8. The molecule has 29 heavy (non-hydrogen) atoms. The van der Waals surface area contributed by atoms with Crippen LogP contribution < -0.4 is 4.72 Å². The van der Waals surface area contributed by atoms with E-state index in [9.17, 15) is 13.2 Å². The molecule has 1 fully saturated rings. The van der Waals surface area contributed by atoms with Gasteiger partial charge < -0.3 is 4.90 Å². The smallest absolute Gasteiger partial charge is 0.255 e. The second-order valence-electron chi connectivity index (χ2n) is 8.11. The molecule has 0 saturated carbocycles. The Balaban J connectivity index is 2.18. The summed E-state index contributed by atoms with van der Waals surface area (Å²) in [6.07, 6.45) is 8.10. The van der Waals surface area contributed by atoms with Gasteiger partial charge in [-0.3, -0.25) is 4.79 Å². The molecule has 0 unspecified atom stereocenters. The monoisotopic (exact) mass is 440 g/mol. The number of sulfonamides is 1. The molecule has 1 saturated heterocycles. The Morgan fingerprint density at radius 2 is 1.97 bits per heavy atom. The summed E-state index contributed by atoms with van der Waals surface area (Å²) in [6, 6.07) is 4.92. The zero-order valence-electron chi connectivity index (χ0n) is 18.2. The molecule has 1 aromatic carbocycles. The quantitative estimate of drug-likeness (QED) is 0.532. The van der Waals surface area contributed by atoms with E-state index < -0.39 is 10.0 Å². The van der Waals surface area contributed by atoms with Crippen molar-refractivity contribution in [1.82, 2.24) is 9.62 Å². The van der Waals surface area contributed by atoms with Crippen LogP contribution in [0.15, 0.2) is 28.0 Å². The van der Waals surface area contributed by atoms with E-state index in [0.29, 0.717) is 23.9 Å². The van der Waals surface area contributed by atoms with Crippen LogP contribution in [-0.2, 0) is 10.0 Å². The molecule has 1 heterocycles. The molecule has 0 radical (unpaired) electrons. The number of rotatable bonds is 10. The third-order valence-electron chi connectivity index (χ3n) is 5.89. The number of nitrogens with zero attached hydrogens (tertiary/aromatic N) is 1. The van der Waals surface area contributed by atoms with E-state index in [4.69, 9.17) is 0 Å². The van der Waals surface area contributed by atoms with Gasteiger partial charge in [-0.05, 0) is 55.6 Å². The third-order valence-corrected chi connectivity index (χ3v) is 8.10. The van der Waals surface area contributed by atoms with Gasteiger partial charge in [0.1, 0.15) is 0 Å². The van der Waals surface area contributed by atoms with Crippen LogP contribution in [0.2, 0.25) is 0 Å². The van der Waals surface area contributed by atoms with Crippen LogP contribution in [0.4, 0.5) is 0 Å². The van der Waals surface area contributed by atoms with Gasteiger partial charge in [0.2, 0.25) is 10.0 Å². The highest BCUT2D eigenvalue weighted by molar-refractivity contribution is 7.98. The molecule has 0 aromatic heterocycles. The lowest BCUT2D eigenvalue weighted by molar-refractivity contribution is 0.0693. The molecule has 5 nitrogen and oxygen atoms in total. The van der Waals surface area contributed by atoms with Crippen molar-refractivity contribution in [1.29, 1.82) is 0 Å². The number of carbonyl (C=O) groups excluding carboxylic acids is 1. The van der Waals surface area contributed by atoms with Crippen LogP contribution >= 0.6 is 11.8 Å². The summed E-state index contributed by atoms with van der Waals surface area (Å²) in [6.45, 7) is 8.36. The van der Waals surface area contributed by atoms with Crippen molar-refractivity contribution in [2.75, 3.05) is 25.9 Å². The number of benzene rings is 1. The molecule has 2 rings (SSSR count). The summed E-state index contributed by atoms with van der Waals surface area (Å²) in [5, 5.41) is 0. The minimum absolute atomic E-state index is 0.0623. The fourth-order valence-corrected chi connectivity index (χ4v) is 5.37. The number of nitrogens with one attached hydrogen (secondary N) is 1. The van der Waals surface area contributed by atoms with Gasteiger partial charge in [0.05, 0.1) is 10.5 Å². The highest BCUT2D eigenvalue weighted by atomic mass is 32.2. The van der Waals surface area contributed by atoms with Crippen LogP contribution in [0.3, 0.4) is 0 Å². The topological polar surface area (TPSA) is 66.5 Å². The second-order valence-corrected chi connectivity index (χ2v) is 10.7. The Hall–Kier alpha value is -1.05. The molecule has 1 aromatic rings. The standard InChI is InChI=1S/C22H36N2O3S2/c1-5-7-8-18(6-2)16-23-29(26,27)19-9-10-21(28-4)20(15-19)22(25)24-13-11-17(3)12-14-24/h9-10,15,17-18,23H,5-8,11-14,16H2,1-4H3/t18-/m1/s1. The van der Waals surface area contributed by atoms with Crippen LogP contribution in [0, 0.1) is 11.8 Å².